The first-order valence-electron chi connectivity index (χ1n) is 8.09. The van der Waals surface area contributed by atoms with Crippen molar-refractivity contribution < 1.29 is 9.53 Å². The van der Waals surface area contributed by atoms with E-state index in [4.69, 9.17) is 4.74 Å². The van der Waals surface area contributed by atoms with E-state index in [1.54, 1.807) is 0 Å². The van der Waals surface area contributed by atoms with Crippen LogP contribution in [0.5, 0.6) is 0 Å². The zero-order valence-corrected chi connectivity index (χ0v) is 12.2. The van der Waals surface area contributed by atoms with E-state index >= 15 is 0 Å². The molecule has 2 nitrogen and oxygen atoms in total. The van der Waals surface area contributed by atoms with Crippen molar-refractivity contribution in [1.82, 2.24) is 0 Å². The number of aryl methyl sites for hydroxylation is 2. The van der Waals surface area contributed by atoms with Gasteiger partial charge in [0.05, 0.1) is 6.10 Å². The molecular weight excluding hydrogens is 248 g/mol. The van der Waals surface area contributed by atoms with Crippen LogP contribution in [0.4, 0.5) is 0 Å². The molecule has 20 heavy (non-hydrogen) atoms. The molecule has 0 radical (unpaired) electrons. The number of carbonyl (C=O) groups excluding carboxylic acids is 1. The van der Waals surface area contributed by atoms with Gasteiger partial charge in [0.25, 0.3) is 0 Å². The minimum absolute atomic E-state index is 0.143. The molecular formula is C18H24O2. The molecule has 0 aromatic heterocycles. The summed E-state index contributed by atoms with van der Waals surface area (Å²) >= 11 is 0. The first-order chi connectivity index (χ1) is 9.83. The lowest BCUT2D eigenvalue weighted by Crippen LogP contribution is -2.18. The third-order valence-electron chi connectivity index (χ3n) is 4.67. The lowest BCUT2D eigenvalue weighted by atomic mass is 10.0. The Morgan fingerprint density at radius 3 is 2.55 bits per heavy atom. The minimum Gasteiger partial charge on any atom is -0.370 e. The SMILES string of the molecule is O=C(COC1CCCCCC1)c1ccc2c(c1)CCC2. The fourth-order valence-electron chi connectivity index (χ4n) is 3.43. The van der Waals surface area contributed by atoms with Crippen molar-refractivity contribution in [2.75, 3.05) is 6.61 Å². The number of ketones is 1. The molecule has 1 saturated carbocycles. The number of rotatable bonds is 4. The summed E-state index contributed by atoms with van der Waals surface area (Å²) in [6.45, 7) is 0.253. The Morgan fingerprint density at radius 2 is 1.75 bits per heavy atom. The normalized spacial score (nSPS) is 19.6. The summed E-state index contributed by atoms with van der Waals surface area (Å²) in [6.07, 6.45) is 11.2. The Labute approximate surface area is 121 Å². The lowest BCUT2D eigenvalue weighted by molar-refractivity contribution is 0.0389. The predicted molar refractivity (Wildman–Crippen MR) is 80.2 cm³/mol. The van der Waals surface area contributed by atoms with Crippen LogP contribution in [0, 0.1) is 0 Å². The maximum Gasteiger partial charge on any atom is 0.188 e. The molecule has 2 aliphatic carbocycles. The Balaban J connectivity index is 1.56. The Morgan fingerprint density at radius 1 is 1.00 bits per heavy atom. The number of carbonyl (C=O) groups is 1. The summed E-state index contributed by atoms with van der Waals surface area (Å²) in [6, 6.07) is 6.19. The van der Waals surface area contributed by atoms with E-state index in [-0.39, 0.29) is 12.4 Å². The van der Waals surface area contributed by atoms with E-state index in [0.29, 0.717) is 6.10 Å². The van der Waals surface area contributed by atoms with Gasteiger partial charge in [0, 0.05) is 5.56 Å². The fourth-order valence-corrected chi connectivity index (χ4v) is 3.43. The third-order valence-corrected chi connectivity index (χ3v) is 4.67. The molecule has 108 valence electrons. The minimum atomic E-state index is 0.143. The highest BCUT2D eigenvalue weighted by Crippen LogP contribution is 2.23. The summed E-state index contributed by atoms with van der Waals surface area (Å²) in [5.41, 5.74) is 3.62. The molecule has 3 rings (SSSR count). The number of benzene rings is 1. The van der Waals surface area contributed by atoms with Crippen LogP contribution in [0.1, 0.15) is 66.4 Å². The average molecular weight is 272 g/mol. The highest BCUT2D eigenvalue weighted by Gasteiger charge is 2.17. The quantitative estimate of drug-likeness (QED) is 0.609. The van der Waals surface area contributed by atoms with Gasteiger partial charge in [0.2, 0.25) is 0 Å². The summed E-state index contributed by atoms with van der Waals surface area (Å²) in [7, 11) is 0. The summed E-state index contributed by atoms with van der Waals surface area (Å²) in [5.74, 6) is 0.143. The Bertz CT molecular complexity index is 470. The second-order valence-electron chi connectivity index (χ2n) is 6.18. The zero-order chi connectivity index (χ0) is 13.8. The Hall–Kier alpha value is -1.15. The second kappa shape index (κ2) is 6.53. The number of ether oxygens (including phenoxy) is 1. The van der Waals surface area contributed by atoms with Gasteiger partial charge in [-0.05, 0) is 49.3 Å². The molecule has 0 aliphatic heterocycles. The van der Waals surface area contributed by atoms with Gasteiger partial charge in [0.15, 0.2) is 5.78 Å². The number of hydrogen-bond acceptors (Lipinski definition) is 2. The van der Waals surface area contributed by atoms with Gasteiger partial charge in [-0.25, -0.2) is 0 Å². The molecule has 0 bridgehead atoms. The standard InChI is InChI=1S/C18H24O2/c19-18(13-20-17-8-3-1-2-4-9-17)16-11-10-14-6-5-7-15(14)12-16/h10-12,17H,1-9,13H2. The van der Waals surface area contributed by atoms with Gasteiger partial charge in [-0.3, -0.25) is 4.79 Å². The third kappa shape index (κ3) is 3.29. The van der Waals surface area contributed by atoms with Crippen LogP contribution in [0.15, 0.2) is 18.2 Å². The number of fused-ring (bicyclic) bond motifs is 1. The first kappa shape index (κ1) is 13.8. The fraction of sp³-hybridized carbons (Fsp3) is 0.611. The maximum atomic E-state index is 12.2. The number of Topliss-reactive ketones (excluding diaryl/α,β-unsaturated/α-hetero) is 1. The highest BCUT2D eigenvalue weighted by atomic mass is 16.5. The van der Waals surface area contributed by atoms with Crippen LogP contribution in [-0.2, 0) is 17.6 Å². The predicted octanol–water partition coefficient (Wildman–Crippen LogP) is 4.10. The molecule has 0 atom stereocenters. The van der Waals surface area contributed by atoms with Gasteiger partial charge >= 0.3 is 0 Å². The smallest absolute Gasteiger partial charge is 0.188 e. The van der Waals surface area contributed by atoms with Crippen molar-refractivity contribution in [3.63, 3.8) is 0 Å². The van der Waals surface area contributed by atoms with Crippen molar-refractivity contribution in [2.24, 2.45) is 0 Å². The first-order valence-corrected chi connectivity index (χ1v) is 8.09. The average Bonchev–Trinajstić information content (AvgIpc) is 2.78. The van der Waals surface area contributed by atoms with Crippen molar-refractivity contribution in [2.45, 2.75) is 63.9 Å². The molecule has 0 N–H and O–H groups in total. The highest BCUT2D eigenvalue weighted by molar-refractivity contribution is 5.97. The maximum absolute atomic E-state index is 12.2. The van der Waals surface area contributed by atoms with Gasteiger partial charge in [0.1, 0.15) is 6.61 Å². The lowest BCUT2D eigenvalue weighted by Gasteiger charge is -2.14. The van der Waals surface area contributed by atoms with Crippen LogP contribution in [0.3, 0.4) is 0 Å². The number of hydrogen-bond donors (Lipinski definition) is 0. The van der Waals surface area contributed by atoms with Crippen molar-refractivity contribution in [3.05, 3.63) is 34.9 Å². The summed E-state index contributed by atoms with van der Waals surface area (Å²) in [5, 5.41) is 0. The van der Waals surface area contributed by atoms with E-state index in [1.165, 1.54) is 49.7 Å². The van der Waals surface area contributed by atoms with Crippen LogP contribution in [0.2, 0.25) is 0 Å². The van der Waals surface area contributed by atoms with E-state index in [2.05, 4.69) is 12.1 Å². The zero-order valence-electron chi connectivity index (χ0n) is 12.2. The summed E-state index contributed by atoms with van der Waals surface area (Å²) in [4.78, 5) is 12.2. The van der Waals surface area contributed by atoms with Gasteiger partial charge in [-0.2, -0.15) is 0 Å². The van der Waals surface area contributed by atoms with Crippen molar-refractivity contribution in [3.8, 4) is 0 Å². The topological polar surface area (TPSA) is 26.3 Å². The molecule has 0 spiro atoms. The molecule has 1 aromatic carbocycles. The molecule has 2 heteroatoms. The molecule has 0 unspecified atom stereocenters. The monoisotopic (exact) mass is 272 g/mol. The van der Waals surface area contributed by atoms with Crippen LogP contribution in [-0.4, -0.2) is 18.5 Å². The molecule has 1 fully saturated rings. The Kier molecular flexibility index (Phi) is 4.51. The van der Waals surface area contributed by atoms with Crippen LogP contribution >= 0.6 is 0 Å². The van der Waals surface area contributed by atoms with Crippen molar-refractivity contribution in [1.29, 1.82) is 0 Å². The summed E-state index contributed by atoms with van der Waals surface area (Å²) < 4.78 is 5.85. The van der Waals surface area contributed by atoms with Gasteiger partial charge < -0.3 is 4.74 Å². The molecule has 0 heterocycles. The van der Waals surface area contributed by atoms with Crippen LogP contribution < -0.4 is 0 Å². The van der Waals surface area contributed by atoms with Crippen LogP contribution in [0.25, 0.3) is 0 Å². The molecule has 0 saturated heterocycles. The van der Waals surface area contributed by atoms with Crippen molar-refractivity contribution >= 4 is 5.78 Å². The van der Waals surface area contributed by atoms with Gasteiger partial charge in [-0.15, -0.1) is 0 Å². The van der Waals surface area contributed by atoms with E-state index < -0.39 is 0 Å². The van der Waals surface area contributed by atoms with E-state index in [9.17, 15) is 4.79 Å². The van der Waals surface area contributed by atoms with Gasteiger partial charge in [-0.1, -0.05) is 37.8 Å². The molecule has 0 amide bonds. The second-order valence-corrected chi connectivity index (χ2v) is 6.18. The van der Waals surface area contributed by atoms with E-state index in [1.807, 2.05) is 6.07 Å². The largest absolute Gasteiger partial charge is 0.370 e. The molecule has 1 aromatic rings. The van der Waals surface area contributed by atoms with E-state index in [0.717, 1.165) is 24.8 Å². The molecule has 2 aliphatic rings.